The first-order valence-electron chi connectivity index (χ1n) is 12.6. The van der Waals surface area contributed by atoms with Crippen molar-refractivity contribution in [1.82, 2.24) is 19.8 Å². The van der Waals surface area contributed by atoms with Gasteiger partial charge in [0.2, 0.25) is 11.8 Å². The highest BCUT2D eigenvalue weighted by molar-refractivity contribution is 6.01. The van der Waals surface area contributed by atoms with E-state index in [2.05, 4.69) is 21.4 Å². The molecule has 1 aliphatic carbocycles. The monoisotopic (exact) mass is 517 g/mol. The minimum atomic E-state index is -0.846. The average Bonchev–Trinajstić information content (AvgIpc) is 3.71. The van der Waals surface area contributed by atoms with Crippen LogP contribution in [0.15, 0.2) is 24.4 Å². The normalized spacial score (nSPS) is 19.9. The van der Waals surface area contributed by atoms with Crippen LogP contribution in [0.1, 0.15) is 47.1 Å². The topological polar surface area (TPSA) is 132 Å². The number of pyridine rings is 2. The summed E-state index contributed by atoms with van der Waals surface area (Å²) in [6, 6.07) is 7.44. The van der Waals surface area contributed by atoms with Gasteiger partial charge in [0.1, 0.15) is 17.6 Å². The molecule has 198 valence electrons. The number of nitriles is 1. The molecule has 11 heteroatoms. The molecule has 1 saturated carbocycles. The third-order valence-corrected chi connectivity index (χ3v) is 7.80. The van der Waals surface area contributed by atoms with Crippen molar-refractivity contribution in [3.63, 3.8) is 0 Å². The van der Waals surface area contributed by atoms with Crippen molar-refractivity contribution in [2.45, 2.75) is 37.3 Å². The maximum absolute atomic E-state index is 13.4. The zero-order chi connectivity index (χ0) is 27.1. The highest BCUT2D eigenvalue weighted by atomic mass is 16.5. The van der Waals surface area contributed by atoms with Crippen LogP contribution in [-0.2, 0) is 26.3 Å². The van der Waals surface area contributed by atoms with E-state index in [1.54, 1.807) is 30.2 Å². The molecule has 1 N–H and O–H groups in total. The van der Waals surface area contributed by atoms with Crippen LogP contribution < -0.4 is 10.2 Å². The second-order valence-electron chi connectivity index (χ2n) is 10.7. The average molecular weight is 518 g/mol. The van der Waals surface area contributed by atoms with Crippen LogP contribution in [0.3, 0.4) is 0 Å². The molecule has 0 spiro atoms. The van der Waals surface area contributed by atoms with Crippen molar-refractivity contribution in [1.29, 1.82) is 5.26 Å². The number of hydrogen-bond donors (Lipinski definition) is 1. The quantitative estimate of drug-likeness (QED) is 0.515. The van der Waals surface area contributed by atoms with E-state index in [4.69, 9.17) is 4.74 Å². The molecule has 3 aliphatic rings. The first-order chi connectivity index (χ1) is 18.2. The maximum atomic E-state index is 13.4. The number of piperazine rings is 1. The van der Waals surface area contributed by atoms with E-state index in [1.807, 2.05) is 23.8 Å². The summed E-state index contributed by atoms with van der Waals surface area (Å²) in [7, 11) is 3.57. The smallest absolute Gasteiger partial charge is 0.237 e. The van der Waals surface area contributed by atoms with E-state index in [-0.39, 0.29) is 23.1 Å². The van der Waals surface area contributed by atoms with Gasteiger partial charge in [-0.25, -0.2) is 9.97 Å². The Hall–Kier alpha value is -3.88. The van der Waals surface area contributed by atoms with Crippen LogP contribution in [-0.4, -0.2) is 90.4 Å². The molecule has 5 rings (SSSR count). The Labute approximate surface area is 221 Å². The number of hydrogen-bond acceptors (Lipinski definition) is 9. The Balaban J connectivity index is 1.32. The van der Waals surface area contributed by atoms with Crippen molar-refractivity contribution < 1.29 is 19.1 Å². The lowest BCUT2D eigenvalue weighted by Gasteiger charge is -2.48. The molecule has 0 atom stereocenters. The van der Waals surface area contributed by atoms with Gasteiger partial charge in [0.15, 0.2) is 6.29 Å². The number of anilines is 2. The Morgan fingerprint density at radius 1 is 1.29 bits per heavy atom. The summed E-state index contributed by atoms with van der Waals surface area (Å²) in [5, 5.41) is 12.4. The fraction of sp³-hybridized carbons (Fsp3) is 0.481. The zero-order valence-corrected chi connectivity index (χ0v) is 21.9. The number of amides is 2. The molecule has 0 unspecified atom stereocenters. The number of nitrogens with zero attached hydrogens (tertiary/aromatic N) is 6. The Kier molecular flexibility index (Phi) is 6.63. The van der Waals surface area contributed by atoms with Gasteiger partial charge < -0.3 is 19.9 Å². The van der Waals surface area contributed by atoms with Gasteiger partial charge in [-0.2, -0.15) is 5.26 Å². The van der Waals surface area contributed by atoms with Crippen LogP contribution in [0, 0.1) is 11.3 Å². The van der Waals surface area contributed by atoms with Crippen LogP contribution >= 0.6 is 0 Å². The van der Waals surface area contributed by atoms with Crippen molar-refractivity contribution in [3.8, 4) is 6.07 Å². The van der Waals surface area contributed by atoms with Gasteiger partial charge >= 0.3 is 0 Å². The van der Waals surface area contributed by atoms with Gasteiger partial charge in [0, 0.05) is 57.7 Å². The number of likely N-dealkylation sites (N-methyl/N-ethyl adjacent to an activating group) is 1. The van der Waals surface area contributed by atoms with Gasteiger partial charge in [-0.15, -0.1) is 0 Å². The minimum Gasteiger partial charge on any atom is -0.375 e. The number of aromatic nitrogens is 2. The van der Waals surface area contributed by atoms with Gasteiger partial charge in [0.25, 0.3) is 0 Å². The number of aldehydes is 1. The molecule has 2 aromatic rings. The summed E-state index contributed by atoms with van der Waals surface area (Å²) in [5.74, 6) is 0.108. The fourth-order valence-corrected chi connectivity index (χ4v) is 5.09. The second kappa shape index (κ2) is 9.78. The number of rotatable bonds is 8. The molecule has 2 aliphatic heterocycles. The van der Waals surface area contributed by atoms with Gasteiger partial charge in [0.05, 0.1) is 34.5 Å². The molecule has 2 saturated heterocycles. The Morgan fingerprint density at radius 3 is 2.68 bits per heavy atom. The summed E-state index contributed by atoms with van der Waals surface area (Å²) in [6.07, 6.45) is 3.34. The number of nitrogens with one attached hydrogen (secondary N) is 1. The first kappa shape index (κ1) is 25.8. The molecule has 0 bridgehead atoms. The maximum Gasteiger partial charge on any atom is 0.237 e. The Morgan fingerprint density at radius 2 is 2.05 bits per heavy atom. The molecular formula is C27H31N7O4. The standard InChI is InChI=1S/C27H31N7O4/c1-26(38-3)16-34(17-26)21-10-23(29-12-19(21)11-28)31-25(37)27(6-7-27)22-5-4-18(20(15-35)30-22)13-33-9-8-32(2)14-24(33)36/h4-5,10,12,15H,6-9,13-14,16-17H2,1-3H3,(H,29,31,37). The molecule has 38 heavy (non-hydrogen) atoms. The van der Waals surface area contributed by atoms with Crippen LogP contribution in [0.25, 0.3) is 0 Å². The predicted molar refractivity (Wildman–Crippen MR) is 139 cm³/mol. The van der Waals surface area contributed by atoms with E-state index >= 15 is 0 Å². The number of carbonyl (C=O) groups is 3. The van der Waals surface area contributed by atoms with Gasteiger partial charge in [-0.3, -0.25) is 19.3 Å². The lowest BCUT2D eigenvalue weighted by Crippen LogP contribution is -2.61. The molecule has 3 fully saturated rings. The highest BCUT2D eigenvalue weighted by Gasteiger charge is 2.53. The third kappa shape index (κ3) is 4.73. The molecule has 2 aromatic heterocycles. The van der Waals surface area contributed by atoms with Crippen molar-refractivity contribution >= 4 is 29.6 Å². The van der Waals surface area contributed by atoms with Crippen molar-refractivity contribution in [3.05, 3.63) is 46.9 Å². The van der Waals surface area contributed by atoms with E-state index in [9.17, 15) is 19.6 Å². The van der Waals surface area contributed by atoms with Crippen LogP contribution in [0.5, 0.6) is 0 Å². The summed E-state index contributed by atoms with van der Waals surface area (Å²) in [4.78, 5) is 52.2. The number of methoxy groups -OCH3 is 1. The van der Waals surface area contributed by atoms with E-state index in [1.165, 1.54) is 6.20 Å². The van der Waals surface area contributed by atoms with Gasteiger partial charge in [-0.1, -0.05) is 6.07 Å². The van der Waals surface area contributed by atoms with E-state index in [0.717, 1.165) is 6.54 Å². The Bertz CT molecular complexity index is 1330. The van der Waals surface area contributed by atoms with E-state index < -0.39 is 5.41 Å². The number of ether oxygens (including phenoxy) is 1. The lowest BCUT2D eigenvalue weighted by molar-refractivity contribution is -0.136. The summed E-state index contributed by atoms with van der Waals surface area (Å²) in [5.41, 5.74) is 1.43. The third-order valence-electron chi connectivity index (χ3n) is 7.80. The van der Waals surface area contributed by atoms with Gasteiger partial charge in [-0.05, 0) is 32.9 Å². The second-order valence-corrected chi connectivity index (χ2v) is 10.7. The largest absolute Gasteiger partial charge is 0.375 e. The summed E-state index contributed by atoms with van der Waals surface area (Å²) >= 11 is 0. The molecular weight excluding hydrogens is 486 g/mol. The SMILES string of the molecule is COC1(C)CN(c2cc(NC(=O)C3(c4ccc(CN5CCN(C)CC5=O)c(C=O)n4)CC3)ncc2C#N)C1. The predicted octanol–water partition coefficient (Wildman–Crippen LogP) is 1.33. The first-order valence-corrected chi connectivity index (χ1v) is 12.6. The highest BCUT2D eigenvalue weighted by Crippen LogP contribution is 2.48. The van der Waals surface area contributed by atoms with Crippen LogP contribution in [0.2, 0.25) is 0 Å². The van der Waals surface area contributed by atoms with Crippen molar-refractivity contribution in [2.75, 3.05) is 57.1 Å². The lowest BCUT2D eigenvalue weighted by atomic mass is 9.95. The fourth-order valence-electron chi connectivity index (χ4n) is 5.09. The minimum absolute atomic E-state index is 0.0112. The van der Waals surface area contributed by atoms with Crippen LogP contribution in [0.4, 0.5) is 11.5 Å². The van der Waals surface area contributed by atoms with E-state index in [0.29, 0.717) is 80.2 Å². The van der Waals surface area contributed by atoms with Crippen molar-refractivity contribution in [2.24, 2.45) is 0 Å². The molecule has 4 heterocycles. The molecule has 0 radical (unpaired) electrons. The molecule has 11 nitrogen and oxygen atoms in total. The number of carbonyl (C=O) groups excluding carboxylic acids is 3. The summed E-state index contributed by atoms with van der Waals surface area (Å²) < 4.78 is 5.51. The molecule has 2 amide bonds. The summed E-state index contributed by atoms with van der Waals surface area (Å²) in [6.45, 7) is 5.28. The molecule has 0 aromatic carbocycles. The zero-order valence-electron chi connectivity index (χ0n) is 21.9.